The molecule has 0 unspecified atom stereocenters. The van der Waals surface area contributed by atoms with Crippen LogP contribution < -0.4 is 0 Å². The summed E-state index contributed by atoms with van der Waals surface area (Å²) in [6.45, 7) is 5.67. The van der Waals surface area contributed by atoms with E-state index in [9.17, 15) is 9.59 Å². The number of rotatable bonds is 2. The van der Waals surface area contributed by atoms with Crippen LogP contribution >= 0.6 is 0 Å². The fraction of sp³-hybridized carbons (Fsp3) is 0.545. The van der Waals surface area contributed by atoms with Crippen LogP contribution in [-0.4, -0.2) is 35.7 Å². The maximum Gasteiger partial charge on any atom is 0.359 e. The topological polar surface area (TPSA) is 70.4 Å². The highest BCUT2D eigenvalue weighted by Gasteiger charge is 2.29. The minimum absolute atomic E-state index is 0.0331. The first-order valence-electron chi connectivity index (χ1n) is 5.07. The Morgan fingerprint density at radius 1 is 1.18 bits per heavy atom. The van der Waals surface area contributed by atoms with Gasteiger partial charge in [0.15, 0.2) is 11.4 Å². The molecule has 0 bridgehead atoms. The van der Waals surface area contributed by atoms with Gasteiger partial charge in [-0.1, -0.05) is 0 Å². The van der Waals surface area contributed by atoms with Crippen LogP contribution in [0, 0.1) is 0 Å². The number of carbonyl (C=O) groups is 2. The van der Waals surface area contributed by atoms with E-state index in [0.29, 0.717) is 0 Å². The van der Waals surface area contributed by atoms with Gasteiger partial charge >= 0.3 is 11.9 Å². The SMILES string of the molecule is COC(=O)c1ncn(C(C)(C)C)c1C(=O)OC. The Bertz CT molecular complexity index is 443. The first kappa shape index (κ1) is 13.2. The molecule has 1 heterocycles. The average Bonchev–Trinajstić information content (AvgIpc) is 2.70. The van der Waals surface area contributed by atoms with Crippen LogP contribution in [0.2, 0.25) is 0 Å². The number of hydrogen-bond donors (Lipinski definition) is 0. The van der Waals surface area contributed by atoms with E-state index in [0.717, 1.165) is 0 Å². The lowest BCUT2D eigenvalue weighted by molar-refractivity contribution is 0.0539. The highest BCUT2D eigenvalue weighted by molar-refractivity contribution is 6.00. The molecule has 6 nitrogen and oxygen atoms in total. The zero-order valence-electron chi connectivity index (χ0n) is 10.6. The average molecular weight is 240 g/mol. The largest absolute Gasteiger partial charge is 0.464 e. The van der Waals surface area contributed by atoms with Gasteiger partial charge in [-0.3, -0.25) is 0 Å². The highest BCUT2D eigenvalue weighted by Crippen LogP contribution is 2.20. The van der Waals surface area contributed by atoms with E-state index >= 15 is 0 Å². The Morgan fingerprint density at radius 2 is 1.71 bits per heavy atom. The lowest BCUT2D eigenvalue weighted by Gasteiger charge is -2.22. The van der Waals surface area contributed by atoms with E-state index in [1.165, 1.54) is 20.5 Å². The van der Waals surface area contributed by atoms with Crippen LogP contribution in [0.1, 0.15) is 41.7 Å². The van der Waals surface area contributed by atoms with Gasteiger partial charge in [0.05, 0.1) is 20.5 Å². The van der Waals surface area contributed by atoms with Crippen molar-refractivity contribution >= 4 is 11.9 Å². The van der Waals surface area contributed by atoms with Crippen molar-refractivity contribution in [3.05, 3.63) is 17.7 Å². The predicted octanol–water partition coefficient (Wildman–Crippen LogP) is 1.21. The number of ether oxygens (including phenoxy) is 2. The number of carbonyl (C=O) groups excluding carboxylic acids is 2. The molecule has 1 rings (SSSR count). The first-order chi connectivity index (χ1) is 7.82. The molecular formula is C11H16N2O4. The molecule has 0 aliphatic rings. The Kier molecular flexibility index (Phi) is 3.55. The van der Waals surface area contributed by atoms with Gasteiger partial charge in [0.1, 0.15) is 0 Å². The normalized spacial score (nSPS) is 11.1. The molecule has 0 N–H and O–H groups in total. The summed E-state index contributed by atoms with van der Waals surface area (Å²) >= 11 is 0. The van der Waals surface area contributed by atoms with E-state index in [1.807, 2.05) is 20.8 Å². The molecule has 0 atom stereocenters. The molecule has 0 spiro atoms. The summed E-state index contributed by atoms with van der Waals surface area (Å²) in [4.78, 5) is 27.1. The second-order valence-corrected chi connectivity index (χ2v) is 4.47. The third-order valence-electron chi connectivity index (χ3n) is 2.25. The van der Waals surface area contributed by atoms with Crippen LogP contribution in [0.15, 0.2) is 6.33 Å². The van der Waals surface area contributed by atoms with Crippen molar-refractivity contribution in [1.82, 2.24) is 9.55 Å². The van der Waals surface area contributed by atoms with E-state index < -0.39 is 11.9 Å². The highest BCUT2D eigenvalue weighted by atomic mass is 16.5. The van der Waals surface area contributed by atoms with Crippen LogP contribution in [0.3, 0.4) is 0 Å². The van der Waals surface area contributed by atoms with Gasteiger partial charge in [-0.2, -0.15) is 0 Å². The monoisotopic (exact) mass is 240 g/mol. The smallest absolute Gasteiger partial charge is 0.359 e. The molecule has 94 valence electrons. The molecule has 17 heavy (non-hydrogen) atoms. The summed E-state index contributed by atoms with van der Waals surface area (Å²) < 4.78 is 10.8. The standard InChI is InChI=1S/C11H16N2O4/c1-11(2,3)13-6-12-7(9(14)16-4)8(13)10(15)17-5/h6H,1-5H3. The summed E-state index contributed by atoms with van der Waals surface area (Å²) in [7, 11) is 2.49. The predicted molar refractivity (Wildman–Crippen MR) is 59.9 cm³/mol. The van der Waals surface area contributed by atoms with Crippen molar-refractivity contribution in [2.75, 3.05) is 14.2 Å². The number of methoxy groups -OCH3 is 2. The van der Waals surface area contributed by atoms with Crippen molar-refractivity contribution in [3.63, 3.8) is 0 Å². The summed E-state index contributed by atoms with van der Waals surface area (Å²) in [5.41, 5.74) is -0.316. The third kappa shape index (κ3) is 2.46. The van der Waals surface area contributed by atoms with Gasteiger partial charge in [0, 0.05) is 5.54 Å². The maximum atomic E-state index is 11.7. The molecule has 6 heteroatoms. The zero-order chi connectivity index (χ0) is 13.2. The summed E-state index contributed by atoms with van der Waals surface area (Å²) in [5, 5.41) is 0. The Morgan fingerprint density at radius 3 is 2.12 bits per heavy atom. The van der Waals surface area contributed by atoms with Crippen molar-refractivity contribution in [3.8, 4) is 0 Å². The van der Waals surface area contributed by atoms with Crippen molar-refractivity contribution in [1.29, 1.82) is 0 Å². The summed E-state index contributed by atoms with van der Waals surface area (Å²) in [6.07, 6.45) is 1.43. The minimum Gasteiger partial charge on any atom is -0.464 e. The Labute approximate surface area is 99.5 Å². The number of esters is 2. The third-order valence-corrected chi connectivity index (χ3v) is 2.25. The fourth-order valence-electron chi connectivity index (χ4n) is 1.39. The van der Waals surface area contributed by atoms with Crippen LogP contribution in [0.4, 0.5) is 0 Å². The van der Waals surface area contributed by atoms with E-state index in [1.54, 1.807) is 4.57 Å². The van der Waals surface area contributed by atoms with Crippen LogP contribution in [-0.2, 0) is 15.0 Å². The van der Waals surface area contributed by atoms with Gasteiger partial charge in [0.25, 0.3) is 0 Å². The van der Waals surface area contributed by atoms with Crippen molar-refractivity contribution in [2.24, 2.45) is 0 Å². The second kappa shape index (κ2) is 4.57. The maximum absolute atomic E-state index is 11.7. The molecule has 0 saturated carbocycles. The van der Waals surface area contributed by atoms with Gasteiger partial charge in [-0.25, -0.2) is 14.6 Å². The molecule has 1 aromatic rings. The van der Waals surface area contributed by atoms with Crippen LogP contribution in [0.25, 0.3) is 0 Å². The van der Waals surface area contributed by atoms with E-state index in [2.05, 4.69) is 14.5 Å². The lowest BCUT2D eigenvalue weighted by Crippen LogP contribution is -2.26. The van der Waals surface area contributed by atoms with Crippen molar-refractivity contribution in [2.45, 2.75) is 26.3 Å². The number of imidazole rings is 1. The molecule has 0 aliphatic carbocycles. The Balaban J connectivity index is 3.40. The molecule has 0 amide bonds. The van der Waals surface area contributed by atoms with Crippen molar-refractivity contribution < 1.29 is 19.1 Å². The van der Waals surface area contributed by atoms with Gasteiger partial charge in [0.2, 0.25) is 0 Å². The molecule has 1 aromatic heterocycles. The molecule has 0 radical (unpaired) electrons. The molecule has 0 saturated heterocycles. The van der Waals surface area contributed by atoms with E-state index in [-0.39, 0.29) is 16.9 Å². The van der Waals surface area contributed by atoms with E-state index in [4.69, 9.17) is 0 Å². The first-order valence-corrected chi connectivity index (χ1v) is 5.07. The summed E-state index contributed by atoms with van der Waals surface area (Å²) in [5.74, 6) is -1.27. The van der Waals surface area contributed by atoms with Crippen LogP contribution in [0.5, 0.6) is 0 Å². The lowest BCUT2D eigenvalue weighted by atomic mass is 10.1. The molecular weight excluding hydrogens is 224 g/mol. The Hall–Kier alpha value is -1.85. The number of nitrogens with zero attached hydrogens (tertiary/aromatic N) is 2. The molecule has 0 aromatic carbocycles. The molecule has 0 fully saturated rings. The minimum atomic E-state index is -0.659. The quantitative estimate of drug-likeness (QED) is 0.727. The second-order valence-electron chi connectivity index (χ2n) is 4.47. The van der Waals surface area contributed by atoms with Gasteiger partial charge < -0.3 is 14.0 Å². The van der Waals surface area contributed by atoms with Gasteiger partial charge in [-0.15, -0.1) is 0 Å². The molecule has 0 aliphatic heterocycles. The van der Waals surface area contributed by atoms with Gasteiger partial charge in [-0.05, 0) is 20.8 Å². The summed E-state index contributed by atoms with van der Waals surface area (Å²) in [6, 6.07) is 0. The zero-order valence-corrected chi connectivity index (χ0v) is 10.6. The number of aromatic nitrogens is 2. The fourth-order valence-corrected chi connectivity index (χ4v) is 1.39. The number of hydrogen-bond acceptors (Lipinski definition) is 5.